The van der Waals surface area contributed by atoms with Crippen molar-refractivity contribution in [3.05, 3.63) is 53.6 Å². The molecule has 1 fully saturated rings. The molecule has 1 saturated heterocycles. The number of hydrogen-bond donors (Lipinski definition) is 1. The molecule has 2 heterocycles. The number of methoxy groups -OCH3 is 1. The Hall–Kier alpha value is -4.34. The van der Waals surface area contributed by atoms with Gasteiger partial charge in [0.25, 0.3) is 11.8 Å². The van der Waals surface area contributed by atoms with E-state index >= 15 is 0 Å². The fourth-order valence-corrected chi connectivity index (χ4v) is 2.94. The maximum atomic E-state index is 13.0. The largest absolute Gasteiger partial charge is 0.482 e. The number of nitrogens with one attached hydrogen (secondary N) is 1. The number of imide groups is 2. The number of carbonyl (C=O) groups is 4. The number of esters is 1. The Bertz CT molecular complexity index is 1110. The van der Waals surface area contributed by atoms with E-state index in [0.717, 1.165) is 4.90 Å². The number of carbonyl (C=O) groups excluding carboxylic acids is 4. The average molecular weight is 424 g/mol. The van der Waals surface area contributed by atoms with Crippen LogP contribution in [0, 0.1) is 0 Å². The first-order valence-electron chi connectivity index (χ1n) is 9.07. The third-order valence-corrected chi connectivity index (χ3v) is 4.49. The van der Waals surface area contributed by atoms with Gasteiger partial charge in [0, 0.05) is 6.07 Å². The van der Waals surface area contributed by atoms with Gasteiger partial charge in [-0.2, -0.15) is 0 Å². The third kappa shape index (κ3) is 4.04. The maximum Gasteiger partial charge on any atom is 0.343 e. The molecule has 4 rings (SSSR count). The van der Waals surface area contributed by atoms with E-state index < -0.39 is 23.8 Å². The maximum absolute atomic E-state index is 13.0. The van der Waals surface area contributed by atoms with Crippen molar-refractivity contribution in [3.63, 3.8) is 0 Å². The molecule has 158 valence electrons. The average Bonchev–Trinajstić information content (AvgIpc) is 3.23. The number of rotatable bonds is 5. The summed E-state index contributed by atoms with van der Waals surface area (Å²) in [7, 11) is 1.25. The second-order valence-corrected chi connectivity index (χ2v) is 6.43. The van der Waals surface area contributed by atoms with Gasteiger partial charge in [0.2, 0.25) is 6.79 Å². The highest BCUT2D eigenvalue weighted by Gasteiger charge is 2.37. The lowest BCUT2D eigenvalue weighted by Crippen LogP contribution is -2.54. The normalized spacial score (nSPS) is 16.4. The summed E-state index contributed by atoms with van der Waals surface area (Å²) in [5, 5.41) is 2.16. The molecule has 0 saturated carbocycles. The van der Waals surface area contributed by atoms with Crippen molar-refractivity contribution in [2.45, 2.75) is 0 Å². The first kappa shape index (κ1) is 20.0. The molecule has 0 spiro atoms. The van der Waals surface area contributed by atoms with Gasteiger partial charge in [0.1, 0.15) is 11.3 Å². The minimum absolute atomic E-state index is 0.0436. The minimum Gasteiger partial charge on any atom is -0.482 e. The molecule has 0 aliphatic carbocycles. The molecule has 0 atom stereocenters. The minimum atomic E-state index is -0.863. The lowest BCUT2D eigenvalue weighted by Gasteiger charge is -2.26. The van der Waals surface area contributed by atoms with Crippen LogP contribution in [0.25, 0.3) is 6.08 Å². The zero-order valence-electron chi connectivity index (χ0n) is 16.2. The molecule has 0 unspecified atom stereocenters. The predicted molar refractivity (Wildman–Crippen MR) is 106 cm³/mol. The van der Waals surface area contributed by atoms with Gasteiger partial charge in [0.05, 0.1) is 12.8 Å². The van der Waals surface area contributed by atoms with Crippen molar-refractivity contribution >= 4 is 35.6 Å². The van der Waals surface area contributed by atoms with Crippen molar-refractivity contribution in [1.29, 1.82) is 0 Å². The summed E-state index contributed by atoms with van der Waals surface area (Å²) in [5.41, 5.74) is 0.529. The lowest BCUT2D eigenvalue weighted by molar-refractivity contribution is -0.143. The van der Waals surface area contributed by atoms with Crippen LogP contribution < -0.4 is 24.4 Å². The topological polar surface area (TPSA) is 120 Å². The van der Waals surface area contributed by atoms with Gasteiger partial charge in [-0.3, -0.25) is 14.9 Å². The molecule has 2 aliphatic rings. The third-order valence-electron chi connectivity index (χ3n) is 4.49. The number of barbiturate groups is 1. The molecule has 10 heteroatoms. The monoisotopic (exact) mass is 424 g/mol. The summed E-state index contributed by atoms with van der Waals surface area (Å²) in [6.07, 6.45) is 1.36. The van der Waals surface area contributed by atoms with Gasteiger partial charge in [0.15, 0.2) is 18.1 Å². The zero-order chi connectivity index (χ0) is 22.0. The molecule has 2 aromatic carbocycles. The van der Waals surface area contributed by atoms with E-state index in [1.807, 2.05) is 0 Å². The number of anilines is 1. The van der Waals surface area contributed by atoms with Gasteiger partial charge in [-0.15, -0.1) is 0 Å². The molecule has 0 radical (unpaired) electrons. The van der Waals surface area contributed by atoms with Gasteiger partial charge in [-0.05, 0) is 35.9 Å². The van der Waals surface area contributed by atoms with E-state index in [9.17, 15) is 19.2 Å². The first-order valence-corrected chi connectivity index (χ1v) is 9.07. The zero-order valence-corrected chi connectivity index (χ0v) is 16.2. The highest BCUT2D eigenvalue weighted by molar-refractivity contribution is 6.39. The van der Waals surface area contributed by atoms with Crippen molar-refractivity contribution in [1.82, 2.24) is 5.32 Å². The summed E-state index contributed by atoms with van der Waals surface area (Å²) in [6, 6.07) is 10.1. The number of amides is 4. The lowest BCUT2D eigenvalue weighted by atomic mass is 10.1. The van der Waals surface area contributed by atoms with Crippen LogP contribution in [0.15, 0.2) is 48.0 Å². The van der Waals surface area contributed by atoms with Crippen LogP contribution in [0.5, 0.6) is 17.2 Å². The van der Waals surface area contributed by atoms with Crippen molar-refractivity contribution in [3.8, 4) is 17.2 Å². The van der Waals surface area contributed by atoms with Crippen molar-refractivity contribution in [2.24, 2.45) is 0 Å². The second-order valence-electron chi connectivity index (χ2n) is 6.43. The van der Waals surface area contributed by atoms with E-state index in [4.69, 9.17) is 14.2 Å². The summed E-state index contributed by atoms with van der Waals surface area (Å²) in [4.78, 5) is 49.6. The van der Waals surface area contributed by atoms with Crippen molar-refractivity contribution in [2.75, 3.05) is 25.4 Å². The second kappa shape index (κ2) is 8.19. The summed E-state index contributed by atoms with van der Waals surface area (Å²) < 4.78 is 20.3. The Morgan fingerprint density at radius 2 is 1.84 bits per heavy atom. The Balaban J connectivity index is 1.57. The van der Waals surface area contributed by atoms with Crippen LogP contribution in [0.3, 0.4) is 0 Å². The molecule has 31 heavy (non-hydrogen) atoms. The number of fused-ring (bicyclic) bond motifs is 1. The molecular formula is C21H16N2O8. The van der Waals surface area contributed by atoms with Crippen LogP contribution in [0.2, 0.25) is 0 Å². The highest BCUT2D eigenvalue weighted by atomic mass is 16.7. The van der Waals surface area contributed by atoms with Gasteiger partial charge >= 0.3 is 12.0 Å². The van der Waals surface area contributed by atoms with E-state index in [1.165, 1.54) is 25.3 Å². The van der Waals surface area contributed by atoms with E-state index in [-0.39, 0.29) is 24.7 Å². The fourth-order valence-electron chi connectivity index (χ4n) is 2.94. The molecular weight excluding hydrogens is 408 g/mol. The molecule has 1 N–H and O–H groups in total. The van der Waals surface area contributed by atoms with Gasteiger partial charge in [-0.25, -0.2) is 14.5 Å². The number of urea groups is 1. The predicted octanol–water partition coefficient (Wildman–Crippen LogP) is 1.63. The summed E-state index contributed by atoms with van der Waals surface area (Å²) >= 11 is 0. The van der Waals surface area contributed by atoms with E-state index in [0.29, 0.717) is 22.8 Å². The Kier molecular flexibility index (Phi) is 5.27. The van der Waals surface area contributed by atoms with Crippen LogP contribution >= 0.6 is 0 Å². The molecule has 0 bridgehead atoms. The Morgan fingerprint density at radius 3 is 2.58 bits per heavy atom. The van der Waals surface area contributed by atoms with Gasteiger partial charge in [-0.1, -0.05) is 12.1 Å². The highest BCUT2D eigenvalue weighted by Crippen LogP contribution is 2.36. The SMILES string of the molecule is COC(=O)COc1ccc(/C=C2\C(=O)NC(=O)N(c3ccc4c(c3)OCO4)C2=O)cc1. The van der Waals surface area contributed by atoms with Crippen LogP contribution in [0.4, 0.5) is 10.5 Å². The van der Waals surface area contributed by atoms with Crippen LogP contribution in [-0.2, 0) is 19.1 Å². The van der Waals surface area contributed by atoms with Crippen molar-refractivity contribution < 1.29 is 38.1 Å². The number of ether oxygens (including phenoxy) is 4. The number of nitrogens with zero attached hydrogens (tertiary/aromatic N) is 1. The summed E-state index contributed by atoms with van der Waals surface area (Å²) in [6.45, 7) is -0.202. The Labute approximate surface area is 175 Å². The van der Waals surface area contributed by atoms with E-state index in [2.05, 4.69) is 10.1 Å². The van der Waals surface area contributed by atoms with Crippen LogP contribution in [-0.4, -0.2) is 44.3 Å². The van der Waals surface area contributed by atoms with Crippen LogP contribution in [0.1, 0.15) is 5.56 Å². The molecule has 2 aliphatic heterocycles. The number of hydrogen-bond acceptors (Lipinski definition) is 8. The molecule has 0 aromatic heterocycles. The van der Waals surface area contributed by atoms with E-state index in [1.54, 1.807) is 30.3 Å². The smallest absolute Gasteiger partial charge is 0.343 e. The quantitative estimate of drug-likeness (QED) is 0.437. The van der Waals surface area contributed by atoms with Gasteiger partial charge < -0.3 is 18.9 Å². The molecule has 4 amide bonds. The first-order chi connectivity index (χ1) is 15.0. The number of benzene rings is 2. The molecule has 2 aromatic rings. The fraction of sp³-hybridized carbons (Fsp3) is 0.143. The molecule has 10 nitrogen and oxygen atoms in total. The summed E-state index contributed by atoms with van der Waals surface area (Å²) in [5.74, 6) is -0.817. The standard InChI is InChI=1S/C21H16N2O8/c1-28-18(24)10-29-14-5-2-12(3-6-14)8-15-19(25)22-21(27)23(20(15)26)13-4-7-16-17(9-13)31-11-30-16/h2-9H,10-11H2,1H3,(H,22,25,27)/b15-8+. The Morgan fingerprint density at radius 1 is 1.10 bits per heavy atom.